The first kappa shape index (κ1) is 14.5. The second-order valence-electron chi connectivity index (χ2n) is 4.18. The lowest BCUT2D eigenvalue weighted by atomic mass is 10.2. The smallest absolute Gasteiger partial charge is 0.297 e. The van der Waals surface area contributed by atoms with Gasteiger partial charge in [0.1, 0.15) is 18.1 Å². The van der Waals surface area contributed by atoms with Crippen molar-refractivity contribution in [2.24, 2.45) is 0 Å². The average molecular weight is 293 g/mol. The van der Waals surface area contributed by atoms with Crippen molar-refractivity contribution in [1.82, 2.24) is 4.98 Å². The van der Waals surface area contributed by atoms with E-state index in [2.05, 4.69) is 4.98 Å². The largest absolute Gasteiger partial charge is 0.495 e. The quantitative estimate of drug-likeness (QED) is 0.791. The second kappa shape index (κ2) is 6.02. The molecule has 0 aliphatic carbocycles. The van der Waals surface area contributed by atoms with Crippen LogP contribution in [0.15, 0.2) is 47.5 Å². The molecule has 0 bridgehead atoms. The minimum absolute atomic E-state index is 0.123. The number of methoxy groups -OCH3 is 1. The predicted octanol–water partition coefficient (Wildman–Crippen LogP) is 2.30. The van der Waals surface area contributed by atoms with Crippen molar-refractivity contribution in [2.75, 3.05) is 7.11 Å². The second-order valence-corrected chi connectivity index (χ2v) is 5.80. The first-order chi connectivity index (χ1) is 9.53. The van der Waals surface area contributed by atoms with E-state index in [-0.39, 0.29) is 11.5 Å². The van der Waals surface area contributed by atoms with Crippen LogP contribution < -0.4 is 4.74 Å². The molecular formula is C14H15NO4S. The molecule has 106 valence electrons. The average Bonchev–Trinajstić information content (AvgIpc) is 2.46. The first-order valence-electron chi connectivity index (χ1n) is 5.97. The molecule has 0 saturated carbocycles. The Morgan fingerprint density at radius 2 is 1.85 bits per heavy atom. The van der Waals surface area contributed by atoms with Crippen LogP contribution in [0.5, 0.6) is 5.75 Å². The van der Waals surface area contributed by atoms with Crippen LogP contribution in [0.1, 0.15) is 11.3 Å². The minimum atomic E-state index is -3.80. The molecule has 0 N–H and O–H groups in total. The van der Waals surface area contributed by atoms with Crippen LogP contribution in [0.3, 0.4) is 0 Å². The predicted molar refractivity (Wildman–Crippen MR) is 73.9 cm³/mol. The Morgan fingerprint density at radius 1 is 1.15 bits per heavy atom. The van der Waals surface area contributed by atoms with Gasteiger partial charge in [-0.2, -0.15) is 8.42 Å². The molecule has 0 saturated heterocycles. The van der Waals surface area contributed by atoms with Crippen molar-refractivity contribution in [3.8, 4) is 5.75 Å². The summed E-state index contributed by atoms with van der Waals surface area (Å²) in [5.41, 5.74) is 1.42. The highest BCUT2D eigenvalue weighted by Gasteiger charge is 2.16. The summed E-state index contributed by atoms with van der Waals surface area (Å²) in [5, 5.41) is 0. The molecule has 2 aromatic rings. The molecule has 6 heteroatoms. The maximum Gasteiger partial charge on any atom is 0.297 e. The molecule has 2 rings (SSSR count). The fraction of sp³-hybridized carbons (Fsp3) is 0.214. The van der Waals surface area contributed by atoms with Crippen molar-refractivity contribution < 1.29 is 17.3 Å². The zero-order valence-corrected chi connectivity index (χ0v) is 12.1. The van der Waals surface area contributed by atoms with Gasteiger partial charge < -0.3 is 4.74 Å². The van der Waals surface area contributed by atoms with Gasteiger partial charge in [0.25, 0.3) is 10.1 Å². The summed E-state index contributed by atoms with van der Waals surface area (Å²) in [6.07, 6.45) is 1.56. The van der Waals surface area contributed by atoms with Crippen molar-refractivity contribution in [3.05, 3.63) is 53.9 Å². The van der Waals surface area contributed by atoms with E-state index in [0.717, 1.165) is 5.56 Å². The van der Waals surface area contributed by atoms with E-state index in [1.807, 2.05) is 6.92 Å². The third-order valence-corrected chi connectivity index (χ3v) is 4.01. The van der Waals surface area contributed by atoms with Crippen molar-refractivity contribution in [1.29, 1.82) is 0 Å². The van der Waals surface area contributed by atoms with Crippen LogP contribution in [0.4, 0.5) is 0 Å². The fourth-order valence-electron chi connectivity index (χ4n) is 1.62. The zero-order valence-electron chi connectivity index (χ0n) is 11.2. The monoisotopic (exact) mass is 293 g/mol. The number of pyridine rings is 1. The minimum Gasteiger partial charge on any atom is -0.495 e. The molecule has 0 atom stereocenters. The lowest BCUT2D eigenvalue weighted by molar-refractivity contribution is 0.294. The van der Waals surface area contributed by atoms with E-state index in [0.29, 0.717) is 11.4 Å². The summed E-state index contributed by atoms with van der Waals surface area (Å²) in [5.74, 6) is 0.492. The third-order valence-electron chi connectivity index (χ3n) is 2.73. The van der Waals surface area contributed by atoms with Crippen LogP contribution in [0.2, 0.25) is 0 Å². The number of nitrogens with zero attached hydrogens (tertiary/aromatic N) is 1. The van der Waals surface area contributed by atoms with Crippen molar-refractivity contribution in [2.45, 2.75) is 18.4 Å². The Labute approximate surface area is 118 Å². The van der Waals surface area contributed by atoms with Crippen molar-refractivity contribution in [3.63, 3.8) is 0 Å². The number of aromatic nitrogens is 1. The number of hydrogen-bond acceptors (Lipinski definition) is 5. The molecule has 1 aromatic heterocycles. The molecule has 1 heterocycles. The summed E-state index contributed by atoms with van der Waals surface area (Å²) in [7, 11) is -2.30. The van der Waals surface area contributed by atoms with E-state index in [1.165, 1.54) is 19.2 Å². The molecule has 5 nitrogen and oxygen atoms in total. The Bertz CT molecular complexity index is 681. The molecule has 0 radical (unpaired) electrons. The van der Waals surface area contributed by atoms with E-state index >= 15 is 0 Å². The van der Waals surface area contributed by atoms with Gasteiger partial charge in [-0.1, -0.05) is 17.7 Å². The Balaban J connectivity index is 2.15. The molecule has 0 aliphatic rings. The van der Waals surface area contributed by atoms with Gasteiger partial charge in [0.15, 0.2) is 0 Å². The summed E-state index contributed by atoms with van der Waals surface area (Å²) in [6.45, 7) is 1.72. The number of hydrogen-bond donors (Lipinski definition) is 0. The van der Waals surface area contributed by atoms with Gasteiger partial charge in [-0.15, -0.1) is 0 Å². The summed E-state index contributed by atoms with van der Waals surface area (Å²) < 4.78 is 34.2. The van der Waals surface area contributed by atoms with Gasteiger partial charge in [-0.3, -0.25) is 9.17 Å². The van der Waals surface area contributed by atoms with Crippen LogP contribution in [0.25, 0.3) is 0 Å². The Hall–Kier alpha value is -1.92. The fourth-order valence-corrected chi connectivity index (χ4v) is 2.50. The number of aryl methyl sites for hydroxylation is 1. The maximum atomic E-state index is 12.0. The van der Waals surface area contributed by atoms with Crippen LogP contribution in [-0.4, -0.2) is 20.5 Å². The molecule has 0 spiro atoms. The highest BCUT2D eigenvalue weighted by atomic mass is 32.2. The molecule has 0 aliphatic heterocycles. The molecular weight excluding hydrogens is 278 g/mol. The van der Waals surface area contributed by atoms with Gasteiger partial charge in [0.2, 0.25) is 0 Å². The van der Waals surface area contributed by atoms with Gasteiger partial charge in [0, 0.05) is 6.20 Å². The summed E-state index contributed by atoms with van der Waals surface area (Å²) >= 11 is 0. The topological polar surface area (TPSA) is 65.5 Å². The van der Waals surface area contributed by atoms with Gasteiger partial charge >= 0.3 is 0 Å². The van der Waals surface area contributed by atoms with Crippen LogP contribution >= 0.6 is 0 Å². The van der Waals surface area contributed by atoms with E-state index in [1.54, 1.807) is 30.5 Å². The zero-order chi connectivity index (χ0) is 14.6. The van der Waals surface area contributed by atoms with E-state index in [4.69, 9.17) is 8.92 Å². The Kier molecular flexibility index (Phi) is 4.36. The number of rotatable bonds is 5. The Morgan fingerprint density at radius 3 is 2.50 bits per heavy atom. The van der Waals surface area contributed by atoms with Gasteiger partial charge in [0.05, 0.1) is 12.0 Å². The van der Waals surface area contributed by atoms with Crippen molar-refractivity contribution >= 4 is 10.1 Å². The highest BCUT2D eigenvalue weighted by Crippen LogP contribution is 2.19. The lowest BCUT2D eigenvalue weighted by Gasteiger charge is -2.08. The van der Waals surface area contributed by atoms with Gasteiger partial charge in [-0.05, 0) is 31.2 Å². The molecule has 20 heavy (non-hydrogen) atoms. The lowest BCUT2D eigenvalue weighted by Crippen LogP contribution is -2.08. The van der Waals surface area contributed by atoms with Crippen LogP contribution in [0, 0.1) is 6.92 Å². The highest BCUT2D eigenvalue weighted by molar-refractivity contribution is 7.86. The molecule has 0 unspecified atom stereocenters. The molecule has 0 amide bonds. The number of benzene rings is 1. The van der Waals surface area contributed by atoms with Gasteiger partial charge in [-0.25, -0.2) is 0 Å². The normalized spacial score (nSPS) is 11.3. The molecule has 1 aromatic carbocycles. The number of ether oxygens (including phenoxy) is 1. The van der Waals surface area contributed by atoms with E-state index in [9.17, 15) is 8.42 Å². The van der Waals surface area contributed by atoms with E-state index < -0.39 is 10.1 Å². The summed E-state index contributed by atoms with van der Waals surface area (Å²) in [4.78, 5) is 4.17. The van der Waals surface area contributed by atoms with Crippen LogP contribution in [-0.2, 0) is 20.9 Å². The standard InChI is InChI=1S/C14H15NO4S/c1-11-5-7-12(8-6-11)20(16,17)19-10-13-14(18-2)4-3-9-15-13/h3-9H,10H2,1-2H3. The first-order valence-corrected chi connectivity index (χ1v) is 7.38. The maximum absolute atomic E-state index is 12.0. The molecule has 0 fully saturated rings. The summed E-state index contributed by atoms with van der Waals surface area (Å²) in [6, 6.07) is 9.87. The SMILES string of the molecule is COc1cccnc1COS(=O)(=O)c1ccc(C)cc1. The third kappa shape index (κ3) is 3.34.